The number of carbonyl (C=O) groups excluding carboxylic acids is 3. The minimum atomic E-state index is -0.326. The highest BCUT2D eigenvalue weighted by molar-refractivity contribution is 9.12. The molecular weight excluding hydrogens is 548 g/mol. The fraction of sp³-hybridized carbons (Fsp3) is 0.348. The van der Waals surface area contributed by atoms with Crippen LogP contribution in [0.15, 0.2) is 42.5 Å². The van der Waals surface area contributed by atoms with Crippen molar-refractivity contribution < 1.29 is 14.4 Å². The van der Waals surface area contributed by atoms with E-state index in [2.05, 4.69) is 37.2 Å². The van der Waals surface area contributed by atoms with Gasteiger partial charge in [-0.25, -0.2) is 0 Å². The third-order valence-corrected chi connectivity index (χ3v) is 10.2. The number of hydrogen-bond donors (Lipinski definition) is 1. The van der Waals surface area contributed by atoms with Crippen molar-refractivity contribution >= 4 is 72.6 Å². The van der Waals surface area contributed by atoms with Gasteiger partial charge in [0.2, 0.25) is 11.8 Å². The summed E-state index contributed by atoms with van der Waals surface area (Å²) in [6, 6.07) is 11.9. The Hall–Kier alpha value is -1.70. The lowest BCUT2D eigenvalue weighted by Crippen LogP contribution is -2.37. The lowest BCUT2D eigenvalue weighted by atomic mass is 9.81. The first-order valence-electron chi connectivity index (χ1n) is 10.1. The van der Waals surface area contributed by atoms with Gasteiger partial charge in [-0.3, -0.25) is 19.3 Å². The van der Waals surface area contributed by atoms with Crippen LogP contribution in [0, 0.1) is 30.6 Å². The number of amides is 3. The van der Waals surface area contributed by atoms with E-state index in [1.165, 1.54) is 4.90 Å². The summed E-state index contributed by atoms with van der Waals surface area (Å²) in [5.74, 6) is -0.919. The molecule has 1 N–H and O–H groups in total. The predicted octanol–water partition coefficient (Wildman–Crippen LogP) is 5.18. The predicted molar refractivity (Wildman–Crippen MR) is 127 cm³/mol. The summed E-state index contributed by atoms with van der Waals surface area (Å²) in [6.07, 6.45) is 0.883. The van der Waals surface area contributed by atoms with Crippen LogP contribution in [0.25, 0.3) is 0 Å². The molecule has 1 saturated heterocycles. The number of hydrogen-bond acceptors (Lipinski definition) is 3. The van der Waals surface area contributed by atoms with Gasteiger partial charge in [0.25, 0.3) is 5.91 Å². The Morgan fingerprint density at radius 3 is 2.32 bits per heavy atom. The van der Waals surface area contributed by atoms with Gasteiger partial charge in [0, 0.05) is 25.9 Å². The lowest BCUT2D eigenvalue weighted by molar-refractivity contribution is -0.123. The van der Waals surface area contributed by atoms with E-state index in [4.69, 9.17) is 11.6 Å². The van der Waals surface area contributed by atoms with Crippen LogP contribution in [0.4, 0.5) is 11.4 Å². The molecule has 3 amide bonds. The number of fused-ring (bicyclic) bond motifs is 5. The maximum atomic E-state index is 13.2. The average molecular weight is 567 g/mol. The normalized spacial score (nSPS) is 31.3. The number of nitrogens with one attached hydrogen (secondary N) is 1. The lowest BCUT2D eigenvalue weighted by Gasteiger charge is -2.28. The fourth-order valence-corrected chi connectivity index (χ4v) is 7.36. The number of nitrogens with zero attached hydrogens (tertiary/aromatic N) is 1. The van der Waals surface area contributed by atoms with E-state index < -0.39 is 0 Å². The molecule has 0 unspecified atom stereocenters. The van der Waals surface area contributed by atoms with Crippen LogP contribution in [0.1, 0.15) is 22.3 Å². The molecule has 0 radical (unpaired) electrons. The van der Waals surface area contributed by atoms with E-state index in [1.54, 1.807) is 36.4 Å². The van der Waals surface area contributed by atoms with Crippen LogP contribution in [-0.2, 0) is 9.59 Å². The van der Waals surface area contributed by atoms with Crippen molar-refractivity contribution in [3.05, 3.63) is 58.6 Å². The molecule has 2 aromatic carbocycles. The molecule has 1 heterocycles. The number of alkyl halides is 2. The van der Waals surface area contributed by atoms with Crippen molar-refractivity contribution in [3.63, 3.8) is 0 Å². The van der Waals surface area contributed by atoms with Crippen molar-refractivity contribution in [2.75, 3.05) is 10.2 Å². The van der Waals surface area contributed by atoms with Gasteiger partial charge in [-0.1, -0.05) is 55.6 Å². The molecule has 31 heavy (non-hydrogen) atoms. The first kappa shape index (κ1) is 21.2. The molecule has 3 fully saturated rings. The number of carbonyl (C=O) groups is 3. The molecule has 2 bridgehead atoms. The van der Waals surface area contributed by atoms with E-state index >= 15 is 0 Å². The van der Waals surface area contributed by atoms with Crippen LogP contribution in [0.3, 0.4) is 0 Å². The molecule has 2 saturated carbocycles. The van der Waals surface area contributed by atoms with Crippen molar-refractivity contribution in [3.8, 4) is 0 Å². The Morgan fingerprint density at radius 2 is 1.68 bits per heavy atom. The van der Waals surface area contributed by atoms with Crippen molar-refractivity contribution in [1.82, 2.24) is 0 Å². The molecule has 0 spiro atoms. The summed E-state index contributed by atoms with van der Waals surface area (Å²) in [5.41, 5.74) is 2.32. The largest absolute Gasteiger partial charge is 0.322 e. The Kier molecular flexibility index (Phi) is 5.26. The average Bonchev–Trinajstić information content (AvgIpc) is 3.35. The summed E-state index contributed by atoms with van der Waals surface area (Å²) in [6.45, 7) is 1.88. The number of halogens is 3. The minimum absolute atomic E-state index is 0.151. The summed E-state index contributed by atoms with van der Waals surface area (Å²) < 4.78 is 0. The Balaban J connectivity index is 1.42. The van der Waals surface area contributed by atoms with Crippen LogP contribution in [0.2, 0.25) is 5.02 Å². The highest BCUT2D eigenvalue weighted by Crippen LogP contribution is 2.60. The quantitative estimate of drug-likeness (QED) is 0.411. The monoisotopic (exact) mass is 564 g/mol. The second kappa shape index (κ2) is 7.71. The summed E-state index contributed by atoms with van der Waals surface area (Å²) in [4.78, 5) is 41.0. The molecule has 0 aromatic heterocycles. The third kappa shape index (κ3) is 3.28. The van der Waals surface area contributed by atoms with Crippen molar-refractivity contribution in [1.29, 1.82) is 0 Å². The Morgan fingerprint density at radius 1 is 1.03 bits per heavy atom. The zero-order valence-electron chi connectivity index (χ0n) is 16.5. The number of imide groups is 1. The summed E-state index contributed by atoms with van der Waals surface area (Å²) >= 11 is 13.5. The maximum Gasteiger partial charge on any atom is 0.255 e. The molecule has 160 valence electrons. The van der Waals surface area contributed by atoms with Gasteiger partial charge >= 0.3 is 0 Å². The van der Waals surface area contributed by atoms with E-state index in [0.717, 1.165) is 12.0 Å². The zero-order chi connectivity index (χ0) is 22.0. The first-order chi connectivity index (χ1) is 14.8. The zero-order valence-corrected chi connectivity index (χ0v) is 20.4. The van der Waals surface area contributed by atoms with Crippen LogP contribution >= 0.6 is 43.5 Å². The van der Waals surface area contributed by atoms with Gasteiger partial charge in [-0.2, -0.15) is 0 Å². The van der Waals surface area contributed by atoms with Gasteiger partial charge in [-0.15, -0.1) is 0 Å². The molecule has 6 atom stereocenters. The SMILES string of the molecule is Cc1ccc(Cl)cc1NC(=O)c1cccc(N2C(=O)[C@@H]3[C@H]4C[C@@H]([C@@H](Br)[C@H]4Br)[C@H]3C2=O)c1. The van der Waals surface area contributed by atoms with Gasteiger partial charge < -0.3 is 5.32 Å². The van der Waals surface area contributed by atoms with E-state index in [0.29, 0.717) is 22.0 Å². The second-order valence-corrected chi connectivity index (χ2v) is 11.0. The highest BCUT2D eigenvalue weighted by atomic mass is 79.9. The third-order valence-electron chi connectivity index (χ3n) is 6.80. The topological polar surface area (TPSA) is 66.5 Å². The van der Waals surface area contributed by atoms with Crippen LogP contribution < -0.4 is 10.2 Å². The Labute approximate surface area is 201 Å². The first-order valence-corrected chi connectivity index (χ1v) is 12.3. The van der Waals surface area contributed by atoms with E-state index in [9.17, 15) is 14.4 Å². The number of benzene rings is 2. The standard InChI is InChI=1S/C23H19Br2ClN2O3/c1-10-5-6-12(26)8-16(10)27-21(29)11-3-2-4-13(7-11)28-22(30)17-14-9-15(18(17)23(28)31)20(25)19(14)24/h2-8,14-15,17-20H,9H2,1H3,(H,27,29)/t14-,15-,17-,18-,19-,20+/m1/s1. The summed E-state index contributed by atoms with van der Waals surface area (Å²) in [5, 5.41) is 3.39. The Bertz CT molecular complexity index is 1090. The molecular formula is C23H19Br2ClN2O3. The van der Waals surface area contributed by atoms with E-state index in [-0.39, 0.29) is 51.0 Å². The van der Waals surface area contributed by atoms with Crippen LogP contribution in [0.5, 0.6) is 0 Å². The van der Waals surface area contributed by atoms with Crippen molar-refractivity contribution in [2.24, 2.45) is 23.7 Å². The molecule has 8 heteroatoms. The fourth-order valence-electron chi connectivity index (χ4n) is 5.31. The minimum Gasteiger partial charge on any atom is -0.322 e. The molecule has 2 aliphatic carbocycles. The van der Waals surface area contributed by atoms with Gasteiger partial charge in [0.05, 0.1) is 17.5 Å². The van der Waals surface area contributed by atoms with E-state index in [1.807, 2.05) is 13.0 Å². The highest BCUT2D eigenvalue weighted by Gasteiger charge is 2.66. The van der Waals surface area contributed by atoms with Crippen LogP contribution in [-0.4, -0.2) is 27.4 Å². The maximum absolute atomic E-state index is 13.2. The molecule has 1 aliphatic heterocycles. The molecule has 3 aliphatic rings. The molecule has 2 aromatic rings. The summed E-state index contributed by atoms with van der Waals surface area (Å²) in [7, 11) is 0. The smallest absolute Gasteiger partial charge is 0.255 e. The van der Waals surface area contributed by atoms with Gasteiger partial charge in [0.15, 0.2) is 0 Å². The number of rotatable bonds is 3. The molecule has 5 nitrogen and oxygen atoms in total. The second-order valence-electron chi connectivity index (χ2n) is 8.48. The number of aryl methyl sites for hydroxylation is 1. The van der Waals surface area contributed by atoms with Gasteiger partial charge in [0.1, 0.15) is 0 Å². The molecule has 5 rings (SSSR count). The van der Waals surface area contributed by atoms with Crippen molar-refractivity contribution in [2.45, 2.75) is 23.0 Å². The number of anilines is 2. The van der Waals surface area contributed by atoms with Gasteiger partial charge in [-0.05, 0) is 61.1 Å².